The number of ether oxygens (including phenoxy) is 1. The Morgan fingerprint density at radius 2 is 2.22 bits per heavy atom. The van der Waals surface area contributed by atoms with Crippen molar-refractivity contribution in [2.45, 2.75) is 12.6 Å². The van der Waals surface area contributed by atoms with Gasteiger partial charge in [-0.2, -0.15) is 0 Å². The summed E-state index contributed by atoms with van der Waals surface area (Å²) in [4.78, 5) is 4.65. The summed E-state index contributed by atoms with van der Waals surface area (Å²) in [6, 6.07) is 6.65. The smallest absolute Gasteiger partial charge is 0.119 e. The minimum Gasteiger partial charge on any atom is -0.497 e. The zero-order chi connectivity index (χ0) is 13.1. The van der Waals surface area contributed by atoms with Gasteiger partial charge < -0.3 is 15.4 Å². The van der Waals surface area contributed by atoms with Gasteiger partial charge in [0.2, 0.25) is 0 Å². The van der Waals surface area contributed by atoms with Crippen LogP contribution in [0.2, 0.25) is 0 Å². The van der Waals surface area contributed by atoms with E-state index in [0.29, 0.717) is 12.6 Å². The maximum atomic E-state index is 5.94. The Kier molecular flexibility index (Phi) is 4.22. The molecule has 0 amide bonds. The molecule has 2 rings (SSSR count). The van der Waals surface area contributed by atoms with Gasteiger partial charge in [-0.1, -0.05) is 6.07 Å². The Labute approximate surface area is 109 Å². The molecule has 4 heteroatoms. The molecule has 0 saturated carbocycles. The molecule has 1 aliphatic heterocycles. The van der Waals surface area contributed by atoms with Crippen LogP contribution in [0.15, 0.2) is 18.2 Å². The zero-order valence-electron chi connectivity index (χ0n) is 11.5. The van der Waals surface area contributed by atoms with Crippen LogP contribution in [-0.2, 0) is 6.54 Å². The fourth-order valence-corrected chi connectivity index (χ4v) is 2.52. The molecule has 0 aromatic heterocycles. The molecule has 100 valence electrons. The molecule has 0 aliphatic carbocycles. The SMILES string of the molecule is COc1ccc2c(c1)C(CN)N(CCN(C)C)C2. The summed E-state index contributed by atoms with van der Waals surface area (Å²) in [6.07, 6.45) is 0. The van der Waals surface area contributed by atoms with Crippen molar-refractivity contribution in [2.24, 2.45) is 5.73 Å². The molecule has 0 bridgehead atoms. The molecule has 2 N–H and O–H groups in total. The van der Waals surface area contributed by atoms with Gasteiger partial charge in [-0.3, -0.25) is 4.90 Å². The van der Waals surface area contributed by atoms with Crippen LogP contribution in [0.5, 0.6) is 5.75 Å². The molecule has 0 fully saturated rings. The average Bonchev–Trinajstić information content (AvgIpc) is 2.72. The van der Waals surface area contributed by atoms with E-state index < -0.39 is 0 Å². The third kappa shape index (κ3) is 2.66. The Bertz CT molecular complexity index is 406. The first kappa shape index (κ1) is 13.3. The van der Waals surface area contributed by atoms with Crippen molar-refractivity contribution in [3.05, 3.63) is 29.3 Å². The van der Waals surface area contributed by atoms with E-state index in [4.69, 9.17) is 10.5 Å². The topological polar surface area (TPSA) is 41.7 Å². The lowest BCUT2D eigenvalue weighted by atomic mass is 10.0. The number of likely N-dealkylation sites (N-methyl/N-ethyl adjacent to an activating group) is 1. The summed E-state index contributed by atoms with van der Waals surface area (Å²) < 4.78 is 5.30. The number of nitrogens with zero attached hydrogens (tertiary/aromatic N) is 2. The number of hydrogen-bond acceptors (Lipinski definition) is 4. The van der Waals surface area contributed by atoms with Gasteiger partial charge in [0, 0.05) is 32.2 Å². The fourth-order valence-electron chi connectivity index (χ4n) is 2.52. The summed E-state index contributed by atoms with van der Waals surface area (Å²) in [5, 5.41) is 0. The van der Waals surface area contributed by atoms with E-state index in [1.807, 2.05) is 6.07 Å². The van der Waals surface area contributed by atoms with E-state index in [-0.39, 0.29) is 0 Å². The highest BCUT2D eigenvalue weighted by molar-refractivity contribution is 5.40. The van der Waals surface area contributed by atoms with Gasteiger partial charge in [0.05, 0.1) is 7.11 Å². The lowest BCUT2D eigenvalue weighted by Crippen LogP contribution is -2.33. The molecule has 0 spiro atoms. The monoisotopic (exact) mass is 249 g/mol. The van der Waals surface area contributed by atoms with Gasteiger partial charge in [-0.15, -0.1) is 0 Å². The maximum absolute atomic E-state index is 5.94. The molecule has 1 unspecified atom stereocenters. The molecule has 1 heterocycles. The molecule has 1 aromatic rings. The van der Waals surface area contributed by atoms with Gasteiger partial charge in [-0.05, 0) is 37.4 Å². The van der Waals surface area contributed by atoms with Crippen LogP contribution in [0.1, 0.15) is 17.2 Å². The van der Waals surface area contributed by atoms with Crippen LogP contribution in [-0.4, -0.2) is 50.6 Å². The fraction of sp³-hybridized carbons (Fsp3) is 0.571. The van der Waals surface area contributed by atoms with Gasteiger partial charge in [0.15, 0.2) is 0 Å². The summed E-state index contributed by atoms with van der Waals surface area (Å²) in [5.41, 5.74) is 8.65. The lowest BCUT2D eigenvalue weighted by molar-refractivity contribution is 0.197. The number of benzene rings is 1. The first-order valence-corrected chi connectivity index (χ1v) is 6.41. The van der Waals surface area contributed by atoms with Crippen LogP contribution < -0.4 is 10.5 Å². The highest BCUT2D eigenvalue weighted by atomic mass is 16.5. The summed E-state index contributed by atoms with van der Waals surface area (Å²) >= 11 is 0. The van der Waals surface area contributed by atoms with Crippen molar-refractivity contribution in [3.63, 3.8) is 0 Å². The number of fused-ring (bicyclic) bond motifs is 1. The van der Waals surface area contributed by atoms with Crippen molar-refractivity contribution < 1.29 is 4.74 Å². The minimum atomic E-state index is 0.329. The number of hydrogen-bond donors (Lipinski definition) is 1. The molecule has 0 radical (unpaired) electrons. The Morgan fingerprint density at radius 1 is 1.44 bits per heavy atom. The summed E-state index contributed by atoms with van der Waals surface area (Å²) in [6.45, 7) is 3.76. The first-order valence-electron chi connectivity index (χ1n) is 6.41. The Hall–Kier alpha value is -1.10. The van der Waals surface area contributed by atoms with Crippen molar-refractivity contribution in [3.8, 4) is 5.75 Å². The molecule has 1 aromatic carbocycles. The second-order valence-corrected chi connectivity index (χ2v) is 5.09. The number of rotatable bonds is 5. The molecule has 18 heavy (non-hydrogen) atoms. The number of nitrogens with two attached hydrogens (primary N) is 1. The van der Waals surface area contributed by atoms with Crippen LogP contribution in [0.25, 0.3) is 0 Å². The predicted octanol–water partition coefficient (Wildman–Crippen LogP) is 1.07. The molecule has 4 nitrogen and oxygen atoms in total. The second-order valence-electron chi connectivity index (χ2n) is 5.09. The maximum Gasteiger partial charge on any atom is 0.119 e. The van der Waals surface area contributed by atoms with E-state index in [0.717, 1.165) is 25.4 Å². The van der Waals surface area contributed by atoms with Crippen LogP contribution in [0.4, 0.5) is 0 Å². The van der Waals surface area contributed by atoms with Gasteiger partial charge in [-0.25, -0.2) is 0 Å². The van der Waals surface area contributed by atoms with E-state index in [2.05, 4.69) is 36.0 Å². The molecule has 0 saturated heterocycles. The molecular formula is C14H23N3O. The van der Waals surface area contributed by atoms with Crippen molar-refractivity contribution in [1.29, 1.82) is 0 Å². The van der Waals surface area contributed by atoms with E-state index in [1.165, 1.54) is 11.1 Å². The van der Waals surface area contributed by atoms with Crippen LogP contribution in [0.3, 0.4) is 0 Å². The Balaban J connectivity index is 2.15. The third-order valence-electron chi connectivity index (χ3n) is 3.58. The van der Waals surface area contributed by atoms with Gasteiger partial charge >= 0.3 is 0 Å². The first-order chi connectivity index (χ1) is 8.65. The second kappa shape index (κ2) is 5.69. The molecule has 1 aliphatic rings. The van der Waals surface area contributed by atoms with E-state index >= 15 is 0 Å². The van der Waals surface area contributed by atoms with Gasteiger partial charge in [0.1, 0.15) is 5.75 Å². The molecule has 1 atom stereocenters. The van der Waals surface area contributed by atoms with Crippen LogP contribution in [0, 0.1) is 0 Å². The number of methoxy groups -OCH3 is 1. The molecular weight excluding hydrogens is 226 g/mol. The highest BCUT2D eigenvalue weighted by Gasteiger charge is 2.29. The van der Waals surface area contributed by atoms with Crippen molar-refractivity contribution >= 4 is 0 Å². The van der Waals surface area contributed by atoms with Crippen LogP contribution >= 0.6 is 0 Å². The minimum absolute atomic E-state index is 0.329. The predicted molar refractivity (Wildman–Crippen MR) is 73.8 cm³/mol. The van der Waals surface area contributed by atoms with E-state index in [9.17, 15) is 0 Å². The third-order valence-corrected chi connectivity index (χ3v) is 3.58. The lowest BCUT2D eigenvalue weighted by Gasteiger charge is -2.25. The van der Waals surface area contributed by atoms with Gasteiger partial charge in [0.25, 0.3) is 0 Å². The summed E-state index contributed by atoms with van der Waals surface area (Å²) in [7, 11) is 5.91. The zero-order valence-corrected chi connectivity index (χ0v) is 11.5. The summed E-state index contributed by atoms with van der Waals surface area (Å²) in [5.74, 6) is 0.918. The average molecular weight is 249 g/mol. The Morgan fingerprint density at radius 3 is 2.83 bits per heavy atom. The van der Waals surface area contributed by atoms with E-state index in [1.54, 1.807) is 7.11 Å². The normalized spacial score (nSPS) is 19.3. The van der Waals surface area contributed by atoms with Crippen molar-refractivity contribution in [1.82, 2.24) is 9.80 Å². The standard InChI is InChI=1S/C14H23N3O/c1-16(2)6-7-17-10-11-4-5-12(18-3)8-13(11)14(17)9-15/h4-5,8,14H,6-7,9-10,15H2,1-3H3. The quantitative estimate of drug-likeness (QED) is 0.847. The largest absolute Gasteiger partial charge is 0.497 e. The highest BCUT2D eigenvalue weighted by Crippen LogP contribution is 2.34. The van der Waals surface area contributed by atoms with Crippen molar-refractivity contribution in [2.75, 3.05) is 40.8 Å².